The first-order valence-electron chi connectivity index (χ1n) is 8.28. The molecule has 0 atom stereocenters. The van der Waals surface area contributed by atoms with E-state index in [0.717, 1.165) is 22.4 Å². The van der Waals surface area contributed by atoms with Gasteiger partial charge in [0.1, 0.15) is 0 Å². The molecule has 0 aliphatic carbocycles. The van der Waals surface area contributed by atoms with Crippen LogP contribution in [-0.4, -0.2) is 16.1 Å². The van der Waals surface area contributed by atoms with Crippen molar-refractivity contribution in [3.8, 4) is 11.5 Å². The Kier molecular flexibility index (Phi) is 4.93. The van der Waals surface area contributed by atoms with Crippen molar-refractivity contribution in [2.24, 2.45) is 0 Å². The second-order valence-corrected chi connectivity index (χ2v) is 6.22. The molecular formula is C20H21N3O2. The van der Waals surface area contributed by atoms with Gasteiger partial charge >= 0.3 is 0 Å². The maximum Gasteiger partial charge on any atom is 0.247 e. The molecule has 0 spiro atoms. The highest BCUT2D eigenvalue weighted by molar-refractivity contribution is 5.90. The van der Waals surface area contributed by atoms with Crippen LogP contribution in [-0.2, 0) is 11.2 Å². The third-order valence-electron chi connectivity index (χ3n) is 4.09. The molecule has 0 fully saturated rings. The van der Waals surface area contributed by atoms with Gasteiger partial charge < -0.3 is 9.73 Å². The zero-order chi connectivity index (χ0) is 17.8. The Bertz CT molecular complexity index is 899. The molecule has 0 bridgehead atoms. The molecule has 128 valence electrons. The Morgan fingerprint density at radius 3 is 2.64 bits per heavy atom. The van der Waals surface area contributed by atoms with Crippen molar-refractivity contribution < 1.29 is 9.21 Å². The number of aryl methyl sites for hydroxylation is 4. The molecule has 1 aromatic heterocycles. The molecule has 0 aliphatic rings. The van der Waals surface area contributed by atoms with Crippen LogP contribution in [0, 0.1) is 20.8 Å². The first kappa shape index (κ1) is 16.9. The normalized spacial score (nSPS) is 10.7. The van der Waals surface area contributed by atoms with Gasteiger partial charge in [0.25, 0.3) is 0 Å². The third kappa shape index (κ3) is 4.32. The molecular weight excluding hydrogens is 314 g/mol. The molecule has 0 unspecified atom stereocenters. The van der Waals surface area contributed by atoms with Gasteiger partial charge in [0.15, 0.2) is 0 Å². The lowest BCUT2D eigenvalue weighted by molar-refractivity contribution is -0.116. The van der Waals surface area contributed by atoms with Gasteiger partial charge in [0, 0.05) is 24.1 Å². The van der Waals surface area contributed by atoms with Gasteiger partial charge in [-0.05, 0) is 56.2 Å². The third-order valence-corrected chi connectivity index (χ3v) is 4.09. The van der Waals surface area contributed by atoms with Crippen LogP contribution in [0.4, 0.5) is 5.69 Å². The molecule has 5 heteroatoms. The van der Waals surface area contributed by atoms with Crippen LogP contribution in [0.5, 0.6) is 0 Å². The molecule has 1 amide bonds. The highest BCUT2D eigenvalue weighted by Gasteiger charge is 2.11. The standard InChI is InChI=1S/C20H21N3O2/c1-13-5-4-6-16(11-13)20-23-22-19(25-20)10-9-18(24)21-17-8-7-14(2)15(3)12-17/h4-8,11-12H,9-10H2,1-3H3,(H,21,24). The highest BCUT2D eigenvalue weighted by Crippen LogP contribution is 2.19. The molecule has 0 radical (unpaired) electrons. The van der Waals surface area contributed by atoms with E-state index >= 15 is 0 Å². The Morgan fingerprint density at radius 2 is 1.88 bits per heavy atom. The van der Waals surface area contributed by atoms with Gasteiger partial charge in [-0.3, -0.25) is 4.79 Å². The predicted octanol–water partition coefficient (Wildman–Crippen LogP) is 4.23. The summed E-state index contributed by atoms with van der Waals surface area (Å²) in [5.41, 5.74) is 5.17. The van der Waals surface area contributed by atoms with Gasteiger partial charge in [-0.15, -0.1) is 10.2 Å². The Morgan fingerprint density at radius 1 is 1.04 bits per heavy atom. The van der Waals surface area contributed by atoms with E-state index in [0.29, 0.717) is 24.6 Å². The van der Waals surface area contributed by atoms with Crippen LogP contribution in [0.2, 0.25) is 0 Å². The summed E-state index contributed by atoms with van der Waals surface area (Å²) in [7, 11) is 0. The number of nitrogens with one attached hydrogen (secondary N) is 1. The summed E-state index contributed by atoms with van der Waals surface area (Å²) in [6, 6.07) is 13.7. The summed E-state index contributed by atoms with van der Waals surface area (Å²) in [4.78, 5) is 12.1. The Balaban J connectivity index is 1.58. The summed E-state index contributed by atoms with van der Waals surface area (Å²) in [5, 5.41) is 11.0. The van der Waals surface area contributed by atoms with Gasteiger partial charge in [-0.1, -0.05) is 23.8 Å². The molecule has 25 heavy (non-hydrogen) atoms. The van der Waals surface area contributed by atoms with Crippen LogP contribution in [0.15, 0.2) is 46.9 Å². The first-order chi connectivity index (χ1) is 12.0. The van der Waals surface area contributed by atoms with Crippen molar-refractivity contribution in [2.45, 2.75) is 33.6 Å². The van der Waals surface area contributed by atoms with E-state index in [2.05, 4.69) is 15.5 Å². The molecule has 1 heterocycles. The summed E-state index contributed by atoms with van der Waals surface area (Å²) >= 11 is 0. The fourth-order valence-electron chi connectivity index (χ4n) is 2.51. The van der Waals surface area contributed by atoms with Crippen LogP contribution in [0.25, 0.3) is 11.5 Å². The minimum atomic E-state index is -0.0708. The molecule has 2 aromatic carbocycles. The SMILES string of the molecule is Cc1cccc(-c2nnc(CCC(=O)Nc3ccc(C)c(C)c3)o2)c1. The lowest BCUT2D eigenvalue weighted by Crippen LogP contribution is -2.12. The zero-order valence-corrected chi connectivity index (χ0v) is 14.7. The molecule has 5 nitrogen and oxygen atoms in total. The predicted molar refractivity (Wildman–Crippen MR) is 97.3 cm³/mol. The fourth-order valence-corrected chi connectivity index (χ4v) is 2.51. The van der Waals surface area contributed by atoms with E-state index in [4.69, 9.17) is 4.42 Å². The Labute approximate surface area is 147 Å². The van der Waals surface area contributed by atoms with Crippen LogP contribution >= 0.6 is 0 Å². The summed E-state index contributed by atoms with van der Waals surface area (Å²) in [6.07, 6.45) is 0.706. The summed E-state index contributed by atoms with van der Waals surface area (Å²) < 4.78 is 5.66. The van der Waals surface area contributed by atoms with Crippen molar-refractivity contribution in [3.05, 3.63) is 65.0 Å². The monoisotopic (exact) mass is 335 g/mol. The number of nitrogens with zero attached hydrogens (tertiary/aromatic N) is 2. The van der Waals surface area contributed by atoms with Crippen molar-refractivity contribution in [3.63, 3.8) is 0 Å². The molecule has 3 rings (SSSR count). The van der Waals surface area contributed by atoms with E-state index < -0.39 is 0 Å². The summed E-state index contributed by atoms with van der Waals surface area (Å²) in [5.74, 6) is 0.874. The summed E-state index contributed by atoms with van der Waals surface area (Å²) in [6.45, 7) is 6.08. The van der Waals surface area contributed by atoms with E-state index in [1.54, 1.807) is 0 Å². The highest BCUT2D eigenvalue weighted by atomic mass is 16.4. The molecule has 0 saturated carbocycles. The fraction of sp³-hybridized carbons (Fsp3) is 0.250. The van der Waals surface area contributed by atoms with Gasteiger partial charge in [0.05, 0.1) is 0 Å². The number of carbonyl (C=O) groups excluding carboxylic acids is 1. The minimum Gasteiger partial charge on any atom is -0.421 e. The van der Waals surface area contributed by atoms with E-state index in [9.17, 15) is 4.79 Å². The van der Waals surface area contributed by atoms with Crippen LogP contribution < -0.4 is 5.32 Å². The number of aromatic nitrogens is 2. The topological polar surface area (TPSA) is 68.0 Å². The lowest BCUT2D eigenvalue weighted by Gasteiger charge is -2.07. The number of hydrogen-bond acceptors (Lipinski definition) is 4. The first-order valence-corrected chi connectivity index (χ1v) is 8.28. The second kappa shape index (κ2) is 7.30. The molecule has 0 aliphatic heterocycles. The molecule has 0 saturated heterocycles. The van der Waals surface area contributed by atoms with Gasteiger partial charge in [-0.25, -0.2) is 0 Å². The number of benzene rings is 2. The number of amides is 1. The van der Waals surface area contributed by atoms with Crippen LogP contribution in [0.3, 0.4) is 0 Å². The maximum absolute atomic E-state index is 12.1. The van der Waals surface area contributed by atoms with Gasteiger partial charge in [-0.2, -0.15) is 0 Å². The van der Waals surface area contributed by atoms with Gasteiger partial charge in [0.2, 0.25) is 17.7 Å². The number of rotatable bonds is 5. The van der Waals surface area contributed by atoms with Crippen molar-refractivity contribution >= 4 is 11.6 Å². The minimum absolute atomic E-state index is 0.0708. The lowest BCUT2D eigenvalue weighted by atomic mass is 10.1. The maximum atomic E-state index is 12.1. The molecule has 3 aromatic rings. The zero-order valence-electron chi connectivity index (χ0n) is 14.7. The van der Waals surface area contributed by atoms with E-state index in [-0.39, 0.29) is 5.91 Å². The quantitative estimate of drug-likeness (QED) is 0.757. The van der Waals surface area contributed by atoms with E-state index in [1.165, 1.54) is 5.56 Å². The second-order valence-electron chi connectivity index (χ2n) is 6.22. The molecule has 1 N–H and O–H groups in total. The van der Waals surface area contributed by atoms with Crippen LogP contribution in [0.1, 0.15) is 29.0 Å². The number of hydrogen-bond donors (Lipinski definition) is 1. The average molecular weight is 335 g/mol. The van der Waals surface area contributed by atoms with E-state index in [1.807, 2.05) is 63.2 Å². The van der Waals surface area contributed by atoms with Crippen molar-refractivity contribution in [2.75, 3.05) is 5.32 Å². The number of anilines is 1. The largest absolute Gasteiger partial charge is 0.421 e. The number of carbonyl (C=O) groups is 1. The average Bonchev–Trinajstić information content (AvgIpc) is 3.05. The smallest absolute Gasteiger partial charge is 0.247 e. The Hall–Kier alpha value is -2.95. The van der Waals surface area contributed by atoms with Crippen molar-refractivity contribution in [1.82, 2.24) is 10.2 Å². The van der Waals surface area contributed by atoms with Crippen molar-refractivity contribution in [1.29, 1.82) is 0 Å².